The zero-order valence-corrected chi connectivity index (χ0v) is 14.7. The van der Waals surface area contributed by atoms with E-state index in [1.54, 1.807) is 16.8 Å². The van der Waals surface area contributed by atoms with Gasteiger partial charge in [-0.3, -0.25) is 9.48 Å². The van der Waals surface area contributed by atoms with Crippen molar-refractivity contribution in [3.63, 3.8) is 0 Å². The van der Waals surface area contributed by atoms with E-state index in [0.717, 1.165) is 38.7 Å². The molecule has 0 spiro atoms. The van der Waals surface area contributed by atoms with Gasteiger partial charge in [-0.05, 0) is 46.5 Å². The molecule has 0 saturated heterocycles. The average Bonchev–Trinajstić information content (AvgIpc) is 3.23. The number of fused-ring (bicyclic) bond motifs is 2. The largest absolute Gasteiger partial charge is 0.348 e. The number of nitrogens with zero attached hydrogens (tertiary/aromatic N) is 2. The predicted molar refractivity (Wildman–Crippen MR) is 103 cm³/mol. The van der Waals surface area contributed by atoms with Gasteiger partial charge in [0.15, 0.2) is 0 Å². The molecule has 0 saturated carbocycles. The molecule has 0 bridgehead atoms. The molecule has 5 rings (SSSR count). The summed E-state index contributed by atoms with van der Waals surface area (Å²) >= 11 is 0. The van der Waals surface area contributed by atoms with Gasteiger partial charge in [-0.15, -0.1) is 0 Å². The summed E-state index contributed by atoms with van der Waals surface area (Å²) in [7, 11) is 1.90. The predicted octanol–water partition coefficient (Wildman–Crippen LogP) is 4.29. The number of benzene rings is 3. The van der Waals surface area contributed by atoms with Crippen LogP contribution in [0.5, 0.6) is 0 Å². The number of carbonyl (C=O) groups is 1. The number of hydrogen-bond donors (Lipinski definition) is 1. The Labute approximate surface area is 155 Å². The maximum absolute atomic E-state index is 13.4. The molecule has 5 heteroatoms. The van der Waals surface area contributed by atoms with Crippen LogP contribution in [0.4, 0.5) is 4.39 Å². The van der Waals surface area contributed by atoms with Gasteiger partial charge in [0.2, 0.25) is 0 Å². The lowest BCUT2D eigenvalue weighted by molar-refractivity contribution is 0.0966. The summed E-state index contributed by atoms with van der Waals surface area (Å²) in [5.41, 5.74) is 6.28. The van der Waals surface area contributed by atoms with Gasteiger partial charge >= 0.3 is 0 Å². The Balaban J connectivity index is 1.83. The van der Waals surface area contributed by atoms with Crippen molar-refractivity contribution in [2.75, 3.05) is 0 Å². The van der Waals surface area contributed by atoms with Crippen molar-refractivity contribution in [2.45, 2.75) is 6.54 Å². The molecule has 1 amide bonds. The lowest BCUT2D eigenvalue weighted by Gasteiger charge is -2.13. The molecule has 0 atom stereocenters. The third-order valence-corrected chi connectivity index (χ3v) is 5.02. The van der Waals surface area contributed by atoms with Crippen LogP contribution in [0.15, 0.2) is 60.8 Å². The van der Waals surface area contributed by atoms with Crippen LogP contribution in [-0.4, -0.2) is 15.7 Å². The molecule has 1 aliphatic rings. The number of hydrogen-bond acceptors (Lipinski definition) is 2. The van der Waals surface area contributed by atoms with Crippen LogP contribution in [0.1, 0.15) is 15.9 Å². The lowest BCUT2D eigenvalue weighted by atomic mass is 9.90. The van der Waals surface area contributed by atoms with Crippen LogP contribution in [0, 0.1) is 5.82 Å². The summed E-state index contributed by atoms with van der Waals surface area (Å²) in [6, 6.07) is 16.4. The minimum atomic E-state index is -0.286. The number of aromatic nitrogens is 2. The average molecular weight is 357 g/mol. The molecule has 4 aromatic rings. The molecule has 1 N–H and O–H groups in total. The van der Waals surface area contributed by atoms with Gasteiger partial charge in [-0.1, -0.05) is 30.3 Å². The van der Waals surface area contributed by atoms with Gasteiger partial charge in [-0.2, -0.15) is 5.10 Å². The second-order valence-electron chi connectivity index (χ2n) is 6.79. The number of halogens is 1. The third-order valence-electron chi connectivity index (χ3n) is 5.02. The van der Waals surface area contributed by atoms with Gasteiger partial charge in [0, 0.05) is 36.3 Å². The minimum Gasteiger partial charge on any atom is -0.348 e. The molecule has 3 aromatic carbocycles. The standard InChI is InChI=1S/C22H16FN3O/c1-26-12-14-3-2-4-17(21(14)25-26)20-9-15-11-24-22(27)19(15)10-18(20)13-5-7-16(23)8-6-13/h2-10,12H,11H2,1H3,(H,24,27). The Kier molecular flexibility index (Phi) is 3.37. The molecule has 0 fully saturated rings. The van der Waals surface area contributed by atoms with Gasteiger partial charge in [0.05, 0.1) is 0 Å². The van der Waals surface area contributed by atoms with Gasteiger partial charge < -0.3 is 5.32 Å². The highest BCUT2D eigenvalue weighted by Crippen LogP contribution is 2.38. The van der Waals surface area contributed by atoms with Crippen molar-refractivity contribution in [2.24, 2.45) is 7.05 Å². The Morgan fingerprint density at radius 1 is 1.00 bits per heavy atom. The maximum atomic E-state index is 13.4. The van der Waals surface area contributed by atoms with Crippen molar-refractivity contribution >= 4 is 16.8 Å². The summed E-state index contributed by atoms with van der Waals surface area (Å²) in [5.74, 6) is -0.359. The fraction of sp³-hybridized carbons (Fsp3) is 0.0909. The van der Waals surface area contributed by atoms with E-state index < -0.39 is 0 Å². The number of aryl methyl sites for hydroxylation is 1. The number of rotatable bonds is 2. The van der Waals surface area contributed by atoms with E-state index in [1.165, 1.54) is 12.1 Å². The van der Waals surface area contributed by atoms with E-state index in [9.17, 15) is 9.18 Å². The van der Waals surface area contributed by atoms with Crippen molar-refractivity contribution in [1.82, 2.24) is 15.1 Å². The first kappa shape index (κ1) is 15.8. The first-order valence-electron chi connectivity index (χ1n) is 8.74. The summed E-state index contributed by atoms with van der Waals surface area (Å²) in [5, 5.41) is 8.55. The molecule has 2 heterocycles. The molecule has 27 heavy (non-hydrogen) atoms. The molecule has 0 aliphatic carbocycles. The molecular weight excluding hydrogens is 341 g/mol. The Hall–Kier alpha value is -3.47. The summed E-state index contributed by atoms with van der Waals surface area (Å²) in [4.78, 5) is 12.2. The number of nitrogens with one attached hydrogen (secondary N) is 1. The van der Waals surface area contributed by atoms with Crippen LogP contribution in [0.25, 0.3) is 33.2 Å². The Morgan fingerprint density at radius 3 is 2.63 bits per heavy atom. The summed E-state index contributed by atoms with van der Waals surface area (Å²) in [6.07, 6.45) is 1.98. The molecule has 4 nitrogen and oxygen atoms in total. The highest BCUT2D eigenvalue weighted by molar-refractivity contribution is 6.04. The molecular formula is C22H16FN3O. The van der Waals surface area contributed by atoms with Crippen LogP contribution in [0.3, 0.4) is 0 Å². The van der Waals surface area contributed by atoms with Crippen molar-refractivity contribution in [1.29, 1.82) is 0 Å². The Bertz CT molecular complexity index is 1210. The normalized spacial score (nSPS) is 13.0. The van der Waals surface area contributed by atoms with Gasteiger partial charge in [-0.25, -0.2) is 4.39 Å². The zero-order chi connectivity index (χ0) is 18.5. The first-order valence-corrected chi connectivity index (χ1v) is 8.74. The number of amides is 1. The lowest BCUT2D eigenvalue weighted by Crippen LogP contribution is -2.12. The quantitative estimate of drug-likeness (QED) is 0.582. The van der Waals surface area contributed by atoms with Crippen LogP contribution in [0.2, 0.25) is 0 Å². The SMILES string of the molecule is Cn1cc2cccc(-c3cc4c(cc3-c3ccc(F)cc3)C(=O)NC4)c2n1. The third kappa shape index (κ3) is 2.51. The Morgan fingerprint density at radius 2 is 1.81 bits per heavy atom. The minimum absolute atomic E-state index is 0.0732. The topological polar surface area (TPSA) is 46.9 Å². The van der Waals surface area contributed by atoms with E-state index in [1.807, 2.05) is 37.5 Å². The van der Waals surface area contributed by atoms with E-state index in [0.29, 0.717) is 12.1 Å². The van der Waals surface area contributed by atoms with E-state index >= 15 is 0 Å². The fourth-order valence-corrected chi connectivity index (χ4v) is 3.75. The van der Waals surface area contributed by atoms with Crippen molar-refractivity contribution in [3.8, 4) is 22.3 Å². The number of carbonyl (C=O) groups excluding carboxylic acids is 1. The fourth-order valence-electron chi connectivity index (χ4n) is 3.75. The molecule has 132 valence electrons. The van der Waals surface area contributed by atoms with Crippen LogP contribution in [-0.2, 0) is 13.6 Å². The van der Waals surface area contributed by atoms with Crippen LogP contribution >= 0.6 is 0 Å². The first-order chi connectivity index (χ1) is 13.1. The van der Waals surface area contributed by atoms with Crippen molar-refractivity contribution < 1.29 is 9.18 Å². The van der Waals surface area contributed by atoms with E-state index in [2.05, 4.69) is 16.5 Å². The zero-order valence-electron chi connectivity index (χ0n) is 14.7. The van der Waals surface area contributed by atoms with Crippen molar-refractivity contribution in [3.05, 3.63) is 77.7 Å². The van der Waals surface area contributed by atoms with E-state index in [4.69, 9.17) is 0 Å². The maximum Gasteiger partial charge on any atom is 0.251 e. The second-order valence-corrected chi connectivity index (χ2v) is 6.79. The molecule has 0 radical (unpaired) electrons. The molecule has 1 aliphatic heterocycles. The smallest absolute Gasteiger partial charge is 0.251 e. The highest BCUT2D eigenvalue weighted by atomic mass is 19.1. The summed E-state index contributed by atoms with van der Waals surface area (Å²) < 4.78 is 15.2. The molecule has 0 unspecified atom stereocenters. The van der Waals surface area contributed by atoms with Gasteiger partial charge in [0.25, 0.3) is 5.91 Å². The monoisotopic (exact) mass is 357 g/mol. The van der Waals surface area contributed by atoms with Crippen LogP contribution < -0.4 is 5.32 Å². The summed E-state index contributed by atoms with van der Waals surface area (Å²) in [6.45, 7) is 0.517. The highest BCUT2D eigenvalue weighted by Gasteiger charge is 2.23. The van der Waals surface area contributed by atoms with Gasteiger partial charge in [0.1, 0.15) is 11.3 Å². The van der Waals surface area contributed by atoms with E-state index in [-0.39, 0.29) is 11.7 Å². The second kappa shape index (κ2) is 5.77. The molecule has 1 aromatic heterocycles.